The lowest BCUT2D eigenvalue weighted by molar-refractivity contribution is -0.117. The van der Waals surface area contributed by atoms with Crippen LogP contribution in [0.1, 0.15) is 30.4 Å². The van der Waals surface area contributed by atoms with Crippen LogP contribution in [0.3, 0.4) is 0 Å². The Hall–Kier alpha value is -1.16. The molecule has 0 aromatic heterocycles. The summed E-state index contributed by atoms with van der Waals surface area (Å²) < 4.78 is 24.8. The van der Waals surface area contributed by atoms with Gasteiger partial charge in [-0.25, -0.2) is 8.42 Å². The molecule has 0 aliphatic heterocycles. The molecule has 0 radical (unpaired) electrons. The van der Waals surface area contributed by atoms with Gasteiger partial charge in [0.1, 0.15) is 5.78 Å². The van der Waals surface area contributed by atoms with Gasteiger partial charge in [-0.15, -0.1) is 0 Å². The predicted molar refractivity (Wildman–Crippen MR) is 65.7 cm³/mol. The van der Waals surface area contributed by atoms with Gasteiger partial charge < -0.3 is 0 Å². The first-order valence-electron chi connectivity index (χ1n) is 5.74. The molecular formula is C13H16O3S. The molecular weight excluding hydrogens is 236 g/mol. The minimum Gasteiger partial charge on any atom is -0.300 e. The molecule has 1 aliphatic rings. The largest absolute Gasteiger partial charge is 0.300 e. The number of benzene rings is 1. The van der Waals surface area contributed by atoms with Crippen LogP contribution in [0.5, 0.6) is 0 Å². The molecule has 1 atom stereocenters. The highest BCUT2D eigenvalue weighted by atomic mass is 32.2. The zero-order valence-electron chi connectivity index (χ0n) is 10.1. The van der Waals surface area contributed by atoms with Gasteiger partial charge in [-0.1, -0.05) is 12.1 Å². The number of Topliss-reactive ketones (excluding diaryl/α,β-unsaturated/α-hetero) is 1. The Morgan fingerprint density at radius 2 is 1.94 bits per heavy atom. The van der Waals surface area contributed by atoms with Gasteiger partial charge in [-0.05, 0) is 37.5 Å². The maximum absolute atomic E-state index is 12.4. The zero-order valence-corrected chi connectivity index (χ0v) is 10.9. The fourth-order valence-corrected chi connectivity index (χ4v) is 4.30. The first-order valence-corrected chi connectivity index (χ1v) is 7.29. The SMILES string of the molecule is Cc1ccc(C)c(S(=O)(=O)C2CCC(=O)C2)c1. The zero-order chi connectivity index (χ0) is 12.6. The highest BCUT2D eigenvalue weighted by molar-refractivity contribution is 7.92. The molecule has 0 spiro atoms. The molecule has 1 unspecified atom stereocenters. The minimum atomic E-state index is -3.35. The van der Waals surface area contributed by atoms with E-state index >= 15 is 0 Å². The maximum Gasteiger partial charge on any atom is 0.181 e. The van der Waals surface area contributed by atoms with Crippen molar-refractivity contribution >= 4 is 15.6 Å². The summed E-state index contributed by atoms with van der Waals surface area (Å²) in [5.41, 5.74) is 1.69. The number of hydrogen-bond donors (Lipinski definition) is 0. The Bertz CT molecular complexity index is 558. The molecule has 3 nitrogen and oxygen atoms in total. The normalized spacial score (nSPS) is 20.8. The van der Waals surface area contributed by atoms with E-state index in [0.717, 1.165) is 11.1 Å². The van der Waals surface area contributed by atoms with Crippen LogP contribution in [0.15, 0.2) is 23.1 Å². The van der Waals surface area contributed by atoms with Crippen LogP contribution in [0, 0.1) is 13.8 Å². The number of carbonyl (C=O) groups is 1. The second kappa shape index (κ2) is 4.26. The Labute approximate surface area is 102 Å². The van der Waals surface area contributed by atoms with Gasteiger partial charge in [0.05, 0.1) is 10.1 Å². The number of aryl methyl sites for hydroxylation is 2. The standard InChI is InChI=1S/C13H16O3S/c1-9-3-4-10(2)13(7-9)17(15,16)12-6-5-11(14)8-12/h3-4,7,12H,5-6,8H2,1-2H3. The third-order valence-electron chi connectivity index (χ3n) is 3.29. The lowest BCUT2D eigenvalue weighted by Gasteiger charge is -2.13. The Balaban J connectivity index is 2.44. The third kappa shape index (κ3) is 2.27. The molecule has 1 saturated carbocycles. The van der Waals surface area contributed by atoms with Crippen molar-refractivity contribution in [1.82, 2.24) is 0 Å². The highest BCUT2D eigenvalue weighted by Gasteiger charge is 2.35. The molecule has 1 aromatic carbocycles. The van der Waals surface area contributed by atoms with Crippen molar-refractivity contribution < 1.29 is 13.2 Å². The van der Waals surface area contributed by atoms with Crippen molar-refractivity contribution in [1.29, 1.82) is 0 Å². The molecule has 1 aromatic rings. The van der Waals surface area contributed by atoms with Crippen LogP contribution in [-0.4, -0.2) is 19.5 Å². The van der Waals surface area contributed by atoms with E-state index in [2.05, 4.69) is 0 Å². The second-order valence-electron chi connectivity index (χ2n) is 4.72. The fraction of sp³-hybridized carbons (Fsp3) is 0.462. The fourth-order valence-electron chi connectivity index (χ4n) is 2.24. The van der Waals surface area contributed by atoms with Gasteiger partial charge in [-0.2, -0.15) is 0 Å². The Kier molecular flexibility index (Phi) is 3.08. The molecule has 0 amide bonds. The average molecular weight is 252 g/mol. The van der Waals surface area contributed by atoms with Crippen LogP contribution in [0.4, 0.5) is 0 Å². The second-order valence-corrected chi connectivity index (χ2v) is 6.91. The summed E-state index contributed by atoms with van der Waals surface area (Å²) in [6.07, 6.45) is 1.04. The van der Waals surface area contributed by atoms with Crippen LogP contribution < -0.4 is 0 Å². The van der Waals surface area contributed by atoms with Crippen molar-refractivity contribution in [2.24, 2.45) is 0 Å². The van der Waals surface area contributed by atoms with Crippen molar-refractivity contribution in [2.75, 3.05) is 0 Å². The molecule has 1 aliphatic carbocycles. The van der Waals surface area contributed by atoms with Gasteiger partial charge >= 0.3 is 0 Å². The van der Waals surface area contributed by atoms with Gasteiger partial charge in [-0.3, -0.25) is 4.79 Å². The Morgan fingerprint density at radius 1 is 1.24 bits per heavy atom. The average Bonchev–Trinajstić information content (AvgIpc) is 2.69. The number of rotatable bonds is 2. The number of sulfone groups is 1. The molecule has 0 heterocycles. The number of ketones is 1. The lowest BCUT2D eigenvalue weighted by atomic mass is 10.2. The number of carbonyl (C=O) groups excluding carboxylic acids is 1. The van der Waals surface area contributed by atoms with Gasteiger partial charge in [0.2, 0.25) is 0 Å². The lowest BCUT2D eigenvalue weighted by Crippen LogP contribution is -2.19. The smallest absolute Gasteiger partial charge is 0.181 e. The molecule has 0 N–H and O–H groups in total. The first kappa shape index (κ1) is 12.3. The molecule has 4 heteroatoms. The van der Waals surface area contributed by atoms with Crippen LogP contribution >= 0.6 is 0 Å². The van der Waals surface area contributed by atoms with Crippen molar-refractivity contribution in [3.05, 3.63) is 29.3 Å². The van der Waals surface area contributed by atoms with E-state index < -0.39 is 15.1 Å². The molecule has 92 valence electrons. The summed E-state index contributed by atoms with van der Waals surface area (Å²) in [5, 5.41) is -0.518. The monoisotopic (exact) mass is 252 g/mol. The quantitative estimate of drug-likeness (QED) is 0.810. The van der Waals surface area contributed by atoms with Gasteiger partial charge in [0.25, 0.3) is 0 Å². The molecule has 2 rings (SSSR count). The molecule has 1 fully saturated rings. The van der Waals surface area contributed by atoms with Gasteiger partial charge in [0.15, 0.2) is 9.84 Å². The van der Waals surface area contributed by atoms with E-state index in [9.17, 15) is 13.2 Å². The van der Waals surface area contributed by atoms with E-state index in [1.54, 1.807) is 13.0 Å². The van der Waals surface area contributed by atoms with Crippen molar-refractivity contribution in [2.45, 2.75) is 43.3 Å². The predicted octanol–water partition coefficient (Wildman–Crippen LogP) is 2.20. The summed E-state index contributed by atoms with van der Waals surface area (Å²) in [7, 11) is -3.35. The number of hydrogen-bond acceptors (Lipinski definition) is 3. The van der Waals surface area contributed by atoms with Crippen LogP contribution in [0.2, 0.25) is 0 Å². The summed E-state index contributed by atoms with van der Waals surface area (Å²) in [6, 6.07) is 5.42. The van der Waals surface area contributed by atoms with Crippen molar-refractivity contribution in [3.63, 3.8) is 0 Å². The summed E-state index contributed by atoms with van der Waals surface area (Å²) in [5.74, 6) is 0.0591. The van der Waals surface area contributed by atoms with Gasteiger partial charge in [0, 0.05) is 12.8 Å². The molecule has 0 bridgehead atoms. The topological polar surface area (TPSA) is 51.2 Å². The van der Waals surface area contributed by atoms with Crippen molar-refractivity contribution in [3.8, 4) is 0 Å². The first-order chi connectivity index (χ1) is 7.91. The van der Waals surface area contributed by atoms with E-state index in [1.807, 2.05) is 19.1 Å². The highest BCUT2D eigenvalue weighted by Crippen LogP contribution is 2.29. The van der Waals surface area contributed by atoms with Crippen LogP contribution in [-0.2, 0) is 14.6 Å². The molecule has 17 heavy (non-hydrogen) atoms. The summed E-state index contributed by atoms with van der Waals surface area (Å²) in [4.78, 5) is 11.6. The van der Waals surface area contributed by atoms with E-state index in [1.165, 1.54) is 0 Å². The van der Waals surface area contributed by atoms with E-state index in [-0.39, 0.29) is 12.2 Å². The van der Waals surface area contributed by atoms with E-state index in [4.69, 9.17) is 0 Å². The van der Waals surface area contributed by atoms with E-state index in [0.29, 0.717) is 17.7 Å². The summed E-state index contributed by atoms with van der Waals surface area (Å²) >= 11 is 0. The molecule has 0 saturated heterocycles. The summed E-state index contributed by atoms with van der Waals surface area (Å²) in [6.45, 7) is 3.67. The minimum absolute atomic E-state index is 0.0591. The van der Waals surface area contributed by atoms with Crippen LogP contribution in [0.25, 0.3) is 0 Å². The Morgan fingerprint density at radius 3 is 2.53 bits per heavy atom. The maximum atomic E-state index is 12.4. The third-order valence-corrected chi connectivity index (χ3v) is 5.62.